The van der Waals surface area contributed by atoms with Crippen molar-refractivity contribution in [2.24, 2.45) is 0 Å². The van der Waals surface area contributed by atoms with Gasteiger partial charge < -0.3 is 9.64 Å². The second kappa shape index (κ2) is 5.89. The van der Waals surface area contributed by atoms with Crippen molar-refractivity contribution in [2.45, 2.75) is 19.6 Å². The van der Waals surface area contributed by atoms with E-state index in [0.717, 1.165) is 4.68 Å². The van der Waals surface area contributed by atoms with Crippen molar-refractivity contribution in [3.63, 3.8) is 0 Å². The third-order valence-corrected chi connectivity index (χ3v) is 4.30. The second-order valence-corrected chi connectivity index (χ2v) is 6.18. The Labute approximate surface area is 147 Å². The topological polar surface area (TPSA) is 81.7 Å². The summed E-state index contributed by atoms with van der Waals surface area (Å²) in [6.45, 7) is 2.05. The highest BCUT2D eigenvalue weighted by Gasteiger charge is 2.29. The number of para-hydroxylation sites is 1. The Balaban J connectivity index is 1.68. The molecule has 0 bridgehead atoms. The maximum absolute atomic E-state index is 12.8. The highest BCUT2D eigenvalue weighted by Crippen LogP contribution is 2.39. The van der Waals surface area contributed by atoms with Gasteiger partial charge in [-0.15, -0.1) is 0 Å². The van der Waals surface area contributed by atoms with Crippen LogP contribution >= 0.6 is 11.6 Å². The van der Waals surface area contributed by atoms with Gasteiger partial charge in [-0.2, -0.15) is 10.2 Å². The molecule has 1 atom stereocenters. The first kappa shape index (κ1) is 15.6. The number of rotatable bonds is 2. The maximum atomic E-state index is 12.8. The molecule has 1 aromatic carbocycles. The van der Waals surface area contributed by atoms with E-state index in [1.807, 2.05) is 6.92 Å². The number of aromatic nitrogens is 4. The van der Waals surface area contributed by atoms with Crippen LogP contribution in [0.15, 0.2) is 41.6 Å². The molecule has 2 aromatic heterocycles. The molecule has 3 heterocycles. The average molecular weight is 360 g/mol. The molecule has 1 aliphatic heterocycles. The lowest BCUT2D eigenvalue weighted by Crippen LogP contribution is -2.45. The fourth-order valence-electron chi connectivity index (χ4n) is 2.85. The lowest BCUT2D eigenvalue weighted by atomic mass is 10.2. The first-order valence-electron chi connectivity index (χ1n) is 7.69. The summed E-state index contributed by atoms with van der Waals surface area (Å²) >= 11 is 6.18. The fourth-order valence-corrected chi connectivity index (χ4v) is 3.07. The minimum Gasteiger partial charge on any atom is -0.485 e. The lowest BCUT2D eigenvalue weighted by molar-refractivity contribution is -0.119. The van der Waals surface area contributed by atoms with Crippen LogP contribution in [0.2, 0.25) is 5.02 Å². The van der Waals surface area contributed by atoms with E-state index < -0.39 is 0 Å². The zero-order valence-corrected chi connectivity index (χ0v) is 14.1. The minimum absolute atomic E-state index is 0.181. The molecule has 0 fully saturated rings. The number of anilines is 1. The molecule has 1 unspecified atom stereocenters. The van der Waals surface area contributed by atoms with Gasteiger partial charge >= 0.3 is 0 Å². The minimum atomic E-state index is -0.374. The predicted molar refractivity (Wildman–Crippen MR) is 91.1 cm³/mol. The molecule has 1 aliphatic rings. The third kappa shape index (κ3) is 2.64. The molecule has 128 valence electrons. The van der Waals surface area contributed by atoms with Gasteiger partial charge in [0.05, 0.1) is 23.5 Å². The molecule has 0 N–H and O–H groups in total. The van der Waals surface area contributed by atoms with Crippen molar-refractivity contribution in [2.75, 3.05) is 11.4 Å². The molecule has 4 rings (SSSR count). The quantitative estimate of drug-likeness (QED) is 0.690. The number of carbonyl (C=O) groups excluding carboxylic acids is 1. The SMILES string of the molecule is CC1CN(C(=O)Cn2ncn3nccc3c2=O)c2cccc(Cl)c2O1. The molecule has 0 spiro atoms. The number of halogens is 1. The van der Waals surface area contributed by atoms with E-state index in [1.54, 1.807) is 29.2 Å². The van der Waals surface area contributed by atoms with Crippen LogP contribution in [0.4, 0.5) is 5.69 Å². The number of benzene rings is 1. The third-order valence-electron chi connectivity index (χ3n) is 4.01. The first-order valence-corrected chi connectivity index (χ1v) is 8.07. The number of carbonyl (C=O) groups is 1. The van der Waals surface area contributed by atoms with Crippen LogP contribution in [-0.4, -0.2) is 38.0 Å². The Morgan fingerprint density at radius 1 is 1.36 bits per heavy atom. The molecule has 1 amide bonds. The summed E-state index contributed by atoms with van der Waals surface area (Å²) in [7, 11) is 0. The van der Waals surface area contributed by atoms with Crippen LogP contribution in [0.1, 0.15) is 6.92 Å². The van der Waals surface area contributed by atoms with Gasteiger partial charge in [0, 0.05) is 0 Å². The normalized spacial score (nSPS) is 16.6. The Kier molecular flexibility index (Phi) is 3.69. The summed E-state index contributed by atoms with van der Waals surface area (Å²) in [5.41, 5.74) is 0.580. The van der Waals surface area contributed by atoms with Crippen LogP contribution in [-0.2, 0) is 11.3 Å². The van der Waals surface area contributed by atoms with Crippen molar-refractivity contribution < 1.29 is 9.53 Å². The Bertz CT molecular complexity index is 1030. The molecule has 9 heteroatoms. The standard InChI is InChI=1S/C16H14ClN5O3/c1-10-7-20(12-4-2-3-11(17)15(12)25-10)14(23)8-21-16(24)13-5-6-18-22(13)9-19-21/h2-6,9-10H,7-8H2,1H3. The van der Waals surface area contributed by atoms with Crippen molar-refractivity contribution in [1.82, 2.24) is 19.4 Å². The van der Waals surface area contributed by atoms with Crippen molar-refractivity contribution >= 4 is 28.7 Å². The molecule has 8 nitrogen and oxygen atoms in total. The zero-order valence-electron chi connectivity index (χ0n) is 13.3. The van der Waals surface area contributed by atoms with Gasteiger partial charge in [0.25, 0.3) is 5.56 Å². The Morgan fingerprint density at radius 3 is 3.04 bits per heavy atom. The summed E-state index contributed by atoms with van der Waals surface area (Å²) in [4.78, 5) is 26.8. The summed E-state index contributed by atoms with van der Waals surface area (Å²) in [6, 6.07) is 6.81. The van der Waals surface area contributed by atoms with Gasteiger partial charge in [-0.3, -0.25) is 9.59 Å². The molecular weight excluding hydrogens is 346 g/mol. The van der Waals surface area contributed by atoms with E-state index in [1.165, 1.54) is 17.0 Å². The molecule has 0 saturated heterocycles. The largest absolute Gasteiger partial charge is 0.485 e. The second-order valence-electron chi connectivity index (χ2n) is 5.78. The molecule has 0 saturated carbocycles. The van der Waals surface area contributed by atoms with Crippen molar-refractivity contribution in [1.29, 1.82) is 0 Å². The zero-order chi connectivity index (χ0) is 17.6. The van der Waals surface area contributed by atoms with E-state index in [9.17, 15) is 9.59 Å². The van der Waals surface area contributed by atoms with Gasteiger partial charge in [0.1, 0.15) is 24.5 Å². The van der Waals surface area contributed by atoms with Crippen LogP contribution in [0.25, 0.3) is 5.52 Å². The molecule has 25 heavy (non-hydrogen) atoms. The lowest BCUT2D eigenvalue weighted by Gasteiger charge is -2.33. The number of fused-ring (bicyclic) bond motifs is 2. The number of nitrogens with zero attached hydrogens (tertiary/aromatic N) is 5. The summed E-state index contributed by atoms with van der Waals surface area (Å²) in [5.74, 6) is 0.208. The fraction of sp³-hybridized carbons (Fsp3) is 0.250. The van der Waals surface area contributed by atoms with E-state index in [-0.39, 0.29) is 24.1 Å². The monoisotopic (exact) mass is 359 g/mol. The average Bonchev–Trinajstić information content (AvgIpc) is 3.07. The highest BCUT2D eigenvalue weighted by molar-refractivity contribution is 6.32. The summed E-state index contributed by atoms with van der Waals surface area (Å²) < 4.78 is 8.24. The van der Waals surface area contributed by atoms with Crippen LogP contribution < -0.4 is 15.2 Å². The first-order chi connectivity index (χ1) is 12.0. The van der Waals surface area contributed by atoms with Crippen LogP contribution in [0.3, 0.4) is 0 Å². The van der Waals surface area contributed by atoms with Crippen molar-refractivity contribution in [3.8, 4) is 5.75 Å². The van der Waals surface area contributed by atoms with Crippen LogP contribution in [0, 0.1) is 0 Å². The molecule has 3 aromatic rings. The van der Waals surface area contributed by atoms with Gasteiger partial charge in [0.15, 0.2) is 5.75 Å². The Hall–Kier alpha value is -2.87. The van der Waals surface area contributed by atoms with E-state index >= 15 is 0 Å². The van der Waals surface area contributed by atoms with E-state index in [0.29, 0.717) is 28.5 Å². The van der Waals surface area contributed by atoms with E-state index in [2.05, 4.69) is 10.2 Å². The molecular formula is C16H14ClN5O3. The van der Waals surface area contributed by atoms with Crippen LogP contribution in [0.5, 0.6) is 5.75 Å². The Morgan fingerprint density at radius 2 is 2.20 bits per heavy atom. The van der Waals surface area contributed by atoms with Gasteiger partial charge in [-0.05, 0) is 25.1 Å². The smallest absolute Gasteiger partial charge is 0.293 e. The predicted octanol–water partition coefficient (Wildman–Crippen LogP) is 1.36. The van der Waals surface area contributed by atoms with Crippen molar-refractivity contribution in [3.05, 3.63) is 52.2 Å². The van der Waals surface area contributed by atoms with Gasteiger partial charge in [0.2, 0.25) is 5.91 Å². The van der Waals surface area contributed by atoms with Gasteiger partial charge in [-0.1, -0.05) is 17.7 Å². The number of amides is 1. The van der Waals surface area contributed by atoms with E-state index in [4.69, 9.17) is 16.3 Å². The summed E-state index contributed by atoms with van der Waals surface area (Å²) in [5, 5.41) is 8.40. The summed E-state index contributed by atoms with van der Waals surface area (Å²) in [6.07, 6.45) is 2.70. The number of hydrogen-bond acceptors (Lipinski definition) is 5. The number of ether oxygens (including phenoxy) is 1. The molecule has 0 aliphatic carbocycles. The maximum Gasteiger partial charge on any atom is 0.293 e. The highest BCUT2D eigenvalue weighted by atomic mass is 35.5. The van der Waals surface area contributed by atoms with Gasteiger partial charge in [-0.25, -0.2) is 9.20 Å². The molecule has 0 radical (unpaired) electrons. The number of hydrogen-bond donors (Lipinski definition) is 0.